The first-order valence-corrected chi connectivity index (χ1v) is 8.71. The second kappa shape index (κ2) is 8.42. The van der Waals surface area contributed by atoms with E-state index in [4.69, 9.17) is 14.0 Å². The molecule has 0 fully saturated rings. The molecule has 0 radical (unpaired) electrons. The number of benzene rings is 2. The van der Waals surface area contributed by atoms with Gasteiger partial charge >= 0.3 is 0 Å². The molecular formula is C20H19N3O6. The van der Waals surface area contributed by atoms with Crippen molar-refractivity contribution >= 4 is 17.4 Å². The summed E-state index contributed by atoms with van der Waals surface area (Å²) in [6.07, 6.45) is -0.884. The van der Waals surface area contributed by atoms with Gasteiger partial charge in [-0.1, -0.05) is 17.3 Å². The lowest BCUT2D eigenvalue weighted by atomic mass is 10.0. The minimum Gasteiger partial charge on any atom is -0.497 e. The summed E-state index contributed by atoms with van der Waals surface area (Å²) in [7, 11) is 1.55. The van der Waals surface area contributed by atoms with Crippen LogP contribution in [0.1, 0.15) is 12.7 Å². The molecule has 1 aromatic heterocycles. The first-order chi connectivity index (χ1) is 13.9. The molecular weight excluding hydrogens is 378 g/mol. The van der Waals surface area contributed by atoms with E-state index >= 15 is 0 Å². The maximum Gasteiger partial charge on any atom is 0.270 e. The highest BCUT2D eigenvalue weighted by molar-refractivity contribution is 5.93. The number of ether oxygens (including phenoxy) is 2. The molecule has 2 aromatic carbocycles. The van der Waals surface area contributed by atoms with Crippen LogP contribution < -0.4 is 14.8 Å². The van der Waals surface area contributed by atoms with Gasteiger partial charge in [0, 0.05) is 23.8 Å². The van der Waals surface area contributed by atoms with Crippen LogP contribution >= 0.6 is 0 Å². The van der Waals surface area contributed by atoms with Crippen LogP contribution in [-0.4, -0.2) is 29.2 Å². The van der Waals surface area contributed by atoms with Crippen molar-refractivity contribution in [2.24, 2.45) is 0 Å². The fraction of sp³-hybridized carbons (Fsp3) is 0.200. The summed E-state index contributed by atoms with van der Waals surface area (Å²) >= 11 is 0. The Morgan fingerprint density at radius 1 is 1.21 bits per heavy atom. The third kappa shape index (κ3) is 4.70. The monoisotopic (exact) mass is 397 g/mol. The quantitative estimate of drug-likeness (QED) is 0.473. The lowest BCUT2D eigenvalue weighted by Crippen LogP contribution is -2.30. The molecule has 0 aliphatic heterocycles. The molecule has 0 bridgehead atoms. The van der Waals surface area contributed by atoms with E-state index in [1.807, 2.05) is 0 Å². The smallest absolute Gasteiger partial charge is 0.270 e. The van der Waals surface area contributed by atoms with Crippen molar-refractivity contribution in [2.75, 3.05) is 12.4 Å². The zero-order valence-electron chi connectivity index (χ0n) is 16.0. The van der Waals surface area contributed by atoms with E-state index in [2.05, 4.69) is 10.5 Å². The predicted octanol–water partition coefficient (Wildman–Crippen LogP) is 3.97. The zero-order chi connectivity index (χ0) is 21.0. The summed E-state index contributed by atoms with van der Waals surface area (Å²) in [6.45, 7) is 3.28. The SMILES string of the molecule is COc1ccc(-c2cc([N+](=O)[O-])ccc2O[C@@H](C)C(=O)Nc2cc(C)on2)cc1. The van der Waals surface area contributed by atoms with Gasteiger partial charge in [0.25, 0.3) is 11.6 Å². The van der Waals surface area contributed by atoms with Crippen LogP contribution in [0.3, 0.4) is 0 Å². The topological polar surface area (TPSA) is 117 Å². The molecule has 29 heavy (non-hydrogen) atoms. The lowest BCUT2D eigenvalue weighted by molar-refractivity contribution is -0.384. The molecule has 0 aliphatic carbocycles. The van der Waals surface area contributed by atoms with Crippen molar-refractivity contribution < 1.29 is 23.7 Å². The number of hydrogen-bond acceptors (Lipinski definition) is 7. The summed E-state index contributed by atoms with van der Waals surface area (Å²) in [6, 6.07) is 12.8. The Bertz CT molecular complexity index is 1030. The van der Waals surface area contributed by atoms with Crippen molar-refractivity contribution in [3.8, 4) is 22.6 Å². The van der Waals surface area contributed by atoms with Gasteiger partial charge in [0.2, 0.25) is 0 Å². The second-order valence-electron chi connectivity index (χ2n) is 6.24. The highest BCUT2D eigenvalue weighted by Crippen LogP contribution is 2.35. The fourth-order valence-corrected chi connectivity index (χ4v) is 2.63. The first-order valence-electron chi connectivity index (χ1n) is 8.71. The first kappa shape index (κ1) is 19.9. The Morgan fingerprint density at radius 2 is 1.93 bits per heavy atom. The Hall–Kier alpha value is -3.88. The number of nitro benzene ring substituents is 1. The number of nitro groups is 1. The number of rotatable bonds is 7. The number of carbonyl (C=O) groups excluding carboxylic acids is 1. The predicted molar refractivity (Wildman–Crippen MR) is 105 cm³/mol. The van der Waals surface area contributed by atoms with E-state index in [9.17, 15) is 14.9 Å². The van der Waals surface area contributed by atoms with E-state index in [-0.39, 0.29) is 11.5 Å². The average Bonchev–Trinajstić information content (AvgIpc) is 3.12. The number of aryl methyl sites for hydroxylation is 1. The van der Waals surface area contributed by atoms with Crippen molar-refractivity contribution in [3.63, 3.8) is 0 Å². The molecule has 0 spiro atoms. The minimum absolute atomic E-state index is 0.0849. The van der Waals surface area contributed by atoms with Gasteiger partial charge in [0.1, 0.15) is 17.3 Å². The Labute approximate surface area is 166 Å². The van der Waals surface area contributed by atoms with Crippen molar-refractivity contribution in [1.29, 1.82) is 0 Å². The van der Waals surface area contributed by atoms with Crippen LogP contribution in [0.25, 0.3) is 11.1 Å². The van der Waals surface area contributed by atoms with Gasteiger partial charge < -0.3 is 19.3 Å². The Morgan fingerprint density at radius 3 is 2.52 bits per heavy atom. The van der Waals surface area contributed by atoms with E-state index in [1.54, 1.807) is 51.3 Å². The molecule has 1 N–H and O–H groups in total. The number of aromatic nitrogens is 1. The van der Waals surface area contributed by atoms with Gasteiger partial charge in [-0.2, -0.15) is 0 Å². The summed E-state index contributed by atoms with van der Waals surface area (Å²) in [5.41, 5.74) is 1.08. The van der Waals surface area contributed by atoms with E-state index in [0.29, 0.717) is 28.4 Å². The van der Waals surface area contributed by atoms with Gasteiger partial charge in [-0.25, -0.2) is 0 Å². The Kier molecular flexibility index (Phi) is 5.77. The number of methoxy groups -OCH3 is 1. The fourth-order valence-electron chi connectivity index (χ4n) is 2.63. The Balaban J connectivity index is 1.86. The average molecular weight is 397 g/mol. The van der Waals surface area contributed by atoms with E-state index < -0.39 is 16.9 Å². The number of nitrogens with one attached hydrogen (secondary N) is 1. The van der Waals surface area contributed by atoms with Crippen LogP contribution in [0.2, 0.25) is 0 Å². The van der Waals surface area contributed by atoms with Crippen LogP contribution in [0.15, 0.2) is 53.1 Å². The molecule has 0 saturated heterocycles. The zero-order valence-corrected chi connectivity index (χ0v) is 16.0. The van der Waals surface area contributed by atoms with Gasteiger partial charge in [-0.15, -0.1) is 0 Å². The molecule has 9 heteroatoms. The summed E-state index contributed by atoms with van der Waals surface area (Å²) in [5.74, 6) is 1.39. The maximum absolute atomic E-state index is 12.4. The van der Waals surface area contributed by atoms with Gasteiger partial charge in [0.15, 0.2) is 11.9 Å². The molecule has 1 atom stereocenters. The van der Waals surface area contributed by atoms with Gasteiger partial charge in [0.05, 0.1) is 12.0 Å². The molecule has 150 valence electrons. The minimum atomic E-state index is -0.884. The largest absolute Gasteiger partial charge is 0.497 e. The van der Waals surface area contributed by atoms with Crippen LogP contribution in [-0.2, 0) is 4.79 Å². The maximum atomic E-state index is 12.4. The number of carbonyl (C=O) groups is 1. The number of amides is 1. The van der Waals surface area contributed by atoms with Crippen LogP contribution in [0.5, 0.6) is 11.5 Å². The molecule has 0 unspecified atom stereocenters. The summed E-state index contributed by atoms with van der Waals surface area (Å²) in [5, 5.41) is 17.5. The summed E-state index contributed by atoms with van der Waals surface area (Å²) in [4.78, 5) is 23.1. The van der Waals surface area contributed by atoms with E-state index in [1.165, 1.54) is 18.2 Å². The molecule has 1 heterocycles. The third-order valence-corrected chi connectivity index (χ3v) is 4.13. The van der Waals surface area contributed by atoms with Gasteiger partial charge in [-0.05, 0) is 37.6 Å². The van der Waals surface area contributed by atoms with Crippen molar-refractivity contribution in [1.82, 2.24) is 5.16 Å². The van der Waals surface area contributed by atoms with Crippen molar-refractivity contribution in [3.05, 3.63) is 64.4 Å². The summed E-state index contributed by atoms with van der Waals surface area (Å²) < 4.78 is 15.9. The molecule has 0 saturated carbocycles. The van der Waals surface area contributed by atoms with E-state index in [0.717, 1.165) is 0 Å². The second-order valence-corrected chi connectivity index (χ2v) is 6.24. The lowest BCUT2D eigenvalue weighted by Gasteiger charge is -2.17. The highest BCUT2D eigenvalue weighted by atomic mass is 16.6. The number of anilines is 1. The number of nitrogens with zero attached hydrogens (tertiary/aromatic N) is 2. The van der Waals surface area contributed by atoms with Crippen LogP contribution in [0, 0.1) is 17.0 Å². The molecule has 1 amide bonds. The van der Waals surface area contributed by atoms with Gasteiger partial charge in [-0.3, -0.25) is 14.9 Å². The third-order valence-electron chi connectivity index (χ3n) is 4.13. The molecule has 9 nitrogen and oxygen atoms in total. The number of hydrogen-bond donors (Lipinski definition) is 1. The normalized spacial score (nSPS) is 11.6. The standard InChI is InChI=1S/C20H19N3O6/c1-12-10-19(22-29-12)21-20(24)13(2)28-18-9-6-15(23(25)26)11-17(18)14-4-7-16(27-3)8-5-14/h4-11,13H,1-3H3,(H,21,22,24)/t13-/m0/s1. The molecule has 3 rings (SSSR count). The van der Waals surface area contributed by atoms with Crippen molar-refractivity contribution in [2.45, 2.75) is 20.0 Å². The number of non-ortho nitro benzene ring substituents is 1. The molecule has 0 aliphatic rings. The van der Waals surface area contributed by atoms with Crippen LogP contribution in [0.4, 0.5) is 11.5 Å². The molecule has 3 aromatic rings. The highest BCUT2D eigenvalue weighted by Gasteiger charge is 2.20.